The van der Waals surface area contributed by atoms with E-state index in [0.717, 1.165) is 12.8 Å². The first-order valence-electron chi connectivity index (χ1n) is 6.25. The summed E-state index contributed by atoms with van der Waals surface area (Å²) in [6, 6.07) is -0.918. The Balaban J connectivity index is 2.80. The van der Waals surface area contributed by atoms with Crippen molar-refractivity contribution in [1.82, 2.24) is 5.32 Å². The van der Waals surface area contributed by atoms with Crippen LogP contribution in [0.5, 0.6) is 0 Å². The second kappa shape index (κ2) is 7.12. The minimum Gasteiger partial charge on any atom is -0.369 e. The number of unbranched alkanes of at least 4 members (excludes halogenated alkanes) is 1. The van der Waals surface area contributed by atoms with Crippen LogP contribution < -0.4 is 10.6 Å². The van der Waals surface area contributed by atoms with Gasteiger partial charge in [0.25, 0.3) is 0 Å². The van der Waals surface area contributed by atoms with Crippen molar-refractivity contribution >= 4 is 11.6 Å². The van der Waals surface area contributed by atoms with Crippen molar-refractivity contribution in [2.75, 3.05) is 11.9 Å². The summed E-state index contributed by atoms with van der Waals surface area (Å²) < 4.78 is 52.8. The summed E-state index contributed by atoms with van der Waals surface area (Å²) in [7, 11) is 0. The van der Waals surface area contributed by atoms with Crippen LogP contribution in [0.1, 0.15) is 26.7 Å². The lowest BCUT2D eigenvalue weighted by molar-refractivity contribution is -0.121. The highest BCUT2D eigenvalue weighted by molar-refractivity contribution is 5.84. The zero-order valence-electron chi connectivity index (χ0n) is 11.2. The summed E-state index contributed by atoms with van der Waals surface area (Å²) in [5, 5.41) is 4.68. The molecule has 0 aliphatic heterocycles. The summed E-state index contributed by atoms with van der Waals surface area (Å²) in [5.74, 6) is -6.67. The molecule has 3 nitrogen and oxygen atoms in total. The zero-order chi connectivity index (χ0) is 15.3. The molecule has 0 aliphatic carbocycles. The standard InChI is InChI=1S/C13H16F4N2O/c1-3-4-5-18-13(20)7(2)19-12-10(16)8(14)6-9(15)11(12)17/h6-7,19H,3-5H2,1-2H3,(H,18,20). The van der Waals surface area contributed by atoms with E-state index in [2.05, 4.69) is 10.6 Å². The average molecular weight is 292 g/mol. The van der Waals surface area contributed by atoms with E-state index in [9.17, 15) is 22.4 Å². The fraction of sp³-hybridized carbons (Fsp3) is 0.462. The van der Waals surface area contributed by atoms with Gasteiger partial charge >= 0.3 is 0 Å². The van der Waals surface area contributed by atoms with E-state index in [0.29, 0.717) is 6.54 Å². The number of amides is 1. The fourth-order valence-electron chi connectivity index (χ4n) is 1.52. The normalized spacial score (nSPS) is 12.1. The summed E-state index contributed by atoms with van der Waals surface area (Å²) >= 11 is 0. The Hall–Kier alpha value is -1.79. The molecule has 1 aromatic carbocycles. The van der Waals surface area contributed by atoms with Crippen LogP contribution in [0.4, 0.5) is 23.2 Å². The van der Waals surface area contributed by atoms with E-state index >= 15 is 0 Å². The number of carbonyl (C=O) groups is 1. The van der Waals surface area contributed by atoms with Gasteiger partial charge < -0.3 is 10.6 Å². The zero-order valence-corrected chi connectivity index (χ0v) is 11.2. The molecule has 1 aromatic rings. The van der Waals surface area contributed by atoms with Gasteiger partial charge in [0, 0.05) is 12.6 Å². The molecule has 0 heterocycles. The van der Waals surface area contributed by atoms with Crippen LogP contribution in [0.25, 0.3) is 0 Å². The van der Waals surface area contributed by atoms with Gasteiger partial charge in [-0.3, -0.25) is 4.79 Å². The van der Waals surface area contributed by atoms with E-state index in [1.54, 1.807) is 0 Å². The Morgan fingerprint density at radius 1 is 1.20 bits per heavy atom. The van der Waals surface area contributed by atoms with Gasteiger partial charge in [0.1, 0.15) is 11.7 Å². The van der Waals surface area contributed by atoms with Crippen molar-refractivity contribution in [2.45, 2.75) is 32.7 Å². The molecule has 0 radical (unpaired) electrons. The van der Waals surface area contributed by atoms with E-state index in [1.165, 1.54) is 6.92 Å². The van der Waals surface area contributed by atoms with Crippen LogP contribution in [-0.2, 0) is 4.79 Å². The van der Waals surface area contributed by atoms with E-state index in [4.69, 9.17) is 0 Å². The number of hydrogen-bond donors (Lipinski definition) is 2. The number of halogens is 4. The second-order valence-electron chi connectivity index (χ2n) is 4.35. The van der Waals surface area contributed by atoms with Crippen molar-refractivity contribution < 1.29 is 22.4 Å². The lowest BCUT2D eigenvalue weighted by Crippen LogP contribution is -2.38. The molecule has 7 heteroatoms. The largest absolute Gasteiger partial charge is 0.369 e. The molecule has 112 valence electrons. The highest BCUT2D eigenvalue weighted by Crippen LogP contribution is 2.24. The SMILES string of the molecule is CCCCNC(=O)C(C)Nc1c(F)c(F)cc(F)c1F. The molecule has 0 bridgehead atoms. The maximum atomic E-state index is 13.4. The first-order chi connectivity index (χ1) is 9.38. The van der Waals surface area contributed by atoms with Crippen LogP contribution in [0.15, 0.2) is 6.07 Å². The third-order valence-corrected chi connectivity index (χ3v) is 2.70. The van der Waals surface area contributed by atoms with E-state index < -0.39 is 40.9 Å². The first-order valence-corrected chi connectivity index (χ1v) is 6.25. The smallest absolute Gasteiger partial charge is 0.242 e. The maximum Gasteiger partial charge on any atom is 0.242 e. The molecule has 2 N–H and O–H groups in total. The molecular weight excluding hydrogens is 276 g/mol. The van der Waals surface area contributed by atoms with Gasteiger partial charge in [0.15, 0.2) is 23.3 Å². The number of anilines is 1. The van der Waals surface area contributed by atoms with Gasteiger partial charge in [-0.2, -0.15) is 0 Å². The van der Waals surface area contributed by atoms with Crippen LogP contribution in [0.3, 0.4) is 0 Å². The minimum absolute atomic E-state index is 0.113. The molecule has 0 saturated heterocycles. The first kappa shape index (κ1) is 16.3. The van der Waals surface area contributed by atoms with Crippen LogP contribution in [0.2, 0.25) is 0 Å². The van der Waals surface area contributed by atoms with Crippen molar-refractivity contribution in [2.24, 2.45) is 0 Å². The second-order valence-corrected chi connectivity index (χ2v) is 4.35. The van der Waals surface area contributed by atoms with Gasteiger partial charge in [0.2, 0.25) is 5.91 Å². The molecule has 1 atom stereocenters. The lowest BCUT2D eigenvalue weighted by atomic mass is 10.2. The van der Waals surface area contributed by atoms with Crippen molar-refractivity contribution in [3.63, 3.8) is 0 Å². The fourth-order valence-corrected chi connectivity index (χ4v) is 1.52. The number of hydrogen-bond acceptors (Lipinski definition) is 2. The summed E-state index contributed by atoms with van der Waals surface area (Å²) in [5.41, 5.74) is -0.986. The predicted molar refractivity (Wildman–Crippen MR) is 67.3 cm³/mol. The van der Waals surface area contributed by atoms with Crippen molar-refractivity contribution in [3.8, 4) is 0 Å². The molecule has 1 rings (SSSR count). The van der Waals surface area contributed by atoms with E-state index in [1.807, 2.05) is 6.92 Å². The van der Waals surface area contributed by atoms with Crippen LogP contribution >= 0.6 is 0 Å². The molecule has 20 heavy (non-hydrogen) atoms. The summed E-state index contributed by atoms with van der Waals surface area (Å²) in [6.07, 6.45) is 1.64. The Morgan fingerprint density at radius 3 is 2.25 bits per heavy atom. The molecule has 0 spiro atoms. The molecule has 1 amide bonds. The Kier molecular flexibility index (Phi) is 5.79. The monoisotopic (exact) mass is 292 g/mol. The maximum absolute atomic E-state index is 13.4. The molecule has 0 aliphatic rings. The van der Waals surface area contributed by atoms with Gasteiger partial charge in [0.05, 0.1) is 0 Å². The van der Waals surface area contributed by atoms with Gasteiger partial charge in [-0.15, -0.1) is 0 Å². The third kappa shape index (κ3) is 3.85. The quantitative estimate of drug-likeness (QED) is 0.481. The molecule has 0 aromatic heterocycles. The summed E-state index contributed by atoms with van der Waals surface area (Å²) in [4.78, 5) is 11.6. The Labute approximate surface area is 114 Å². The molecule has 0 saturated carbocycles. The van der Waals surface area contributed by atoms with E-state index in [-0.39, 0.29) is 6.07 Å². The minimum atomic E-state index is -1.56. The van der Waals surface area contributed by atoms with Gasteiger partial charge in [-0.1, -0.05) is 13.3 Å². The van der Waals surface area contributed by atoms with Crippen LogP contribution in [-0.4, -0.2) is 18.5 Å². The Morgan fingerprint density at radius 2 is 1.75 bits per heavy atom. The van der Waals surface area contributed by atoms with Gasteiger partial charge in [-0.05, 0) is 13.3 Å². The highest BCUT2D eigenvalue weighted by Gasteiger charge is 2.22. The number of carbonyl (C=O) groups excluding carboxylic acids is 1. The number of benzene rings is 1. The lowest BCUT2D eigenvalue weighted by Gasteiger charge is -2.16. The Bertz CT molecular complexity index is 467. The van der Waals surface area contributed by atoms with Crippen molar-refractivity contribution in [3.05, 3.63) is 29.3 Å². The molecule has 1 unspecified atom stereocenters. The van der Waals surface area contributed by atoms with Gasteiger partial charge in [-0.25, -0.2) is 17.6 Å². The van der Waals surface area contributed by atoms with Crippen LogP contribution in [0, 0.1) is 23.3 Å². The number of nitrogens with one attached hydrogen (secondary N) is 2. The predicted octanol–water partition coefficient (Wildman–Crippen LogP) is 2.96. The number of rotatable bonds is 6. The summed E-state index contributed by atoms with van der Waals surface area (Å²) in [6.45, 7) is 3.70. The van der Waals surface area contributed by atoms with Crippen molar-refractivity contribution in [1.29, 1.82) is 0 Å². The topological polar surface area (TPSA) is 41.1 Å². The molecular formula is C13H16F4N2O. The highest BCUT2D eigenvalue weighted by atomic mass is 19.2. The third-order valence-electron chi connectivity index (χ3n) is 2.70. The molecule has 0 fully saturated rings. The average Bonchev–Trinajstić information content (AvgIpc) is 2.41.